The van der Waals surface area contributed by atoms with E-state index in [1.54, 1.807) is 0 Å². The molecule has 8 heteroatoms. The van der Waals surface area contributed by atoms with Crippen LogP contribution in [-0.4, -0.2) is 47.8 Å². The first kappa shape index (κ1) is 19.7. The first-order chi connectivity index (χ1) is 10.3. The van der Waals surface area contributed by atoms with Gasteiger partial charge in [-0.25, -0.2) is 4.98 Å². The number of imidazole rings is 1. The third-order valence-electron chi connectivity index (χ3n) is 3.62. The first-order valence-corrected chi connectivity index (χ1v) is 7.34. The number of nitrogens with zero attached hydrogens (tertiary/aromatic N) is 2. The lowest BCUT2D eigenvalue weighted by atomic mass is 10.3. The third kappa shape index (κ3) is 5.07. The van der Waals surface area contributed by atoms with Gasteiger partial charge in [-0.05, 0) is 18.6 Å². The van der Waals surface area contributed by atoms with Gasteiger partial charge < -0.3 is 19.9 Å². The molecule has 2 N–H and O–H groups in total. The number of para-hydroxylation sites is 2. The van der Waals surface area contributed by atoms with E-state index >= 15 is 0 Å². The van der Waals surface area contributed by atoms with Gasteiger partial charge in [0.05, 0.1) is 24.0 Å². The molecule has 1 amide bonds. The molecule has 1 aliphatic heterocycles. The van der Waals surface area contributed by atoms with Gasteiger partial charge >= 0.3 is 0 Å². The molecule has 2 heterocycles. The molecule has 0 radical (unpaired) electrons. The molecule has 1 saturated heterocycles. The summed E-state index contributed by atoms with van der Waals surface area (Å²) in [5.41, 5.74) is 2.13. The van der Waals surface area contributed by atoms with Gasteiger partial charge in [-0.15, -0.1) is 24.8 Å². The van der Waals surface area contributed by atoms with E-state index in [1.165, 1.54) is 0 Å². The van der Waals surface area contributed by atoms with Crippen molar-refractivity contribution >= 4 is 41.8 Å². The number of morpholine rings is 1. The van der Waals surface area contributed by atoms with E-state index in [2.05, 4.69) is 26.3 Å². The van der Waals surface area contributed by atoms with E-state index in [1.807, 2.05) is 24.5 Å². The lowest BCUT2D eigenvalue weighted by Crippen LogP contribution is -2.48. The average Bonchev–Trinajstić information content (AvgIpc) is 2.95. The minimum atomic E-state index is -0.354. The Labute approximate surface area is 147 Å². The van der Waals surface area contributed by atoms with Crippen LogP contribution >= 0.6 is 24.8 Å². The van der Waals surface area contributed by atoms with Crippen LogP contribution in [0.3, 0.4) is 0 Å². The van der Waals surface area contributed by atoms with E-state index in [0.29, 0.717) is 19.7 Å². The van der Waals surface area contributed by atoms with Crippen LogP contribution in [0.2, 0.25) is 0 Å². The van der Waals surface area contributed by atoms with Gasteiger partial charge in [-0.1, -0.05) is 12.1 Å². The van der Waals surface area contributed by atoms with Crippen LogP contribution in [0, 0.1) is 0 Å². The fourth-order valence-corrected chi connectivity index (χ4v) is 2.50. The number of rotatable bonds is 5. The summed E-state index contributed by atoms with van der Waals surface area (Å²) in [4.78, 5) is 16.2. The van der Waals surface area contributed by atoms with Crippen LogP contribution in [0.4, 0.5) is 0 Å². The second kappa shape index (κ2) is 9.72. The SMILES string of the molecule is Cl.Cl.O=C(NCCCn1cnc2ccccc21)C1CNCCO1. The number of amides is 1. The van der Waals surface area contributed by atoms with Crippen molar-refractivity contribution in [3.8, 4) is 0 Å². The van der Waals surface area contributed by atoms with Gasteiger partial charge in [0.15, 0.2) is 0 Å². The second-order valence-corrected chi connectivity index (χ2v) is 5.13. The monoisotopic (exact) mass is 360 g/mol. The highest BCUT2D eigenvalue weighted by atomic mass is 35.5. The maximum Gasteiger partial charge on any atom is 0.250 e. The Morgan fingerprint density at radius 2 is 2.22 bits per heavy atom. The van der Waals surface area contributed by atoms with Crippen molar-refractivity contribution in [3.63, 3.8) is 0 Å². The molecule has 1 unspecified atom stereocenters. The predicted molar refractivity (Wildman–Crippen MR) is 94.5 cm³/mol. The van der Waals surface area contributed by atoms with Crippen LogP contribution in [0.5, 0.6) is 0 Å². The minimum Gasteiger partial charge on any atom is -0.366 e. The number of nitrogens with one attached hydrogen (secondary N) is 2. The molecule has 2 aromatic rings. The summed E-state index contributed by atoms with van der Waals surface area (Å²) < 4.78 is 7.52. The van der Waals surface area contributed by atoms with Gasteiger partial charge in [0.1, 0.15) is 6.10 Å². The Hall–Kier alpha value is -1.34. The van der Waals surface area contributed by atoms with Crippen LogP contribution in [0.15, 0.2) is 30.6 Å². The highest BCUT2D eigenvalue weighted by Crippen LogP contribution is 2.11. The summed E-state index contributed by atoms with van der Waals surface area (Å²) in [6, 6.07) is 8.05. The van der Waals surface area contributed by atoms with E-state index in [9.17, 15) is 4.79 Å². The number of carbonyl (C=O) groups is 1. The Kier molecular flexibility index (Phi) is 8.33. The topological polar surface area (TPSA) is 68.2 Å². The molecule has 1 fully saturated rings. The molecule has 1 aromatic heterocycles. The summed E-state index contributed by atoms with van der Waals surface area (Å²) >= 11 is 0. The highest BCUT2D eigenvalue weighted by molar-refractivity contribution is 5.85. The lowest BCUT2D eigenvalue weighted by Gasteiger charge is -2.22. The van der Waals surface area contributed by atoms with Gasteiger partial charge in [-0.2, -0.15) is 0 Å². The summed E-state index contributed by atoms with van der Waals surface area (Å²) in [6.45, 7) is 3.49. The molecule has 1 aromatic carbocycles. The molecule has 6 nitrogen and oxygen atoms in total. The summed E-state index contributed by atoms with van der Waals surface area (Å²) in [7, 11) is 0. The van der Waals surface area contributed by atoms with E-state index < -0.39 is 0 Å². The molecule has 1 atom stereocenters. The standard InChI is InChI=1S/C15H20N4O2.2ClH/c20-15(14-10-16-7-9-21-14)17-6-3-8-19-11-18-12-4-1-2-5-13(12)19;;/h1-2,4-5,11,14,16H,3,6-10H2,(H,17,20);2*1H. The molecular formula is C15H22Cl2N4O2. The van der Waals surface area contributed by atoms with E-state index in [-0.39, 0.29) is 36.8 Å². The third-order valence-corrected chi connectivity index (χ3v) is 3.62. The fraction of sp³-hybridized carbons (Fsp3) is 0.467. The Bertz CT molecular complexity index is 614. The number of fused-ring (bicyclic) bond motifs is 1. The number of aromatic nitrogens is 2. The maximum absolute atomic E-state index is 11.9. The average molecular weight is 361 g/mol. The molecule has 0 saturated carbocycles. The highest BCUT2D eigenvalue weighted by Gasteiger charge is 2.20. The second-order valence-electron chi connectivity index (χ2n) is 5.13. The zero-order valence-corrected chi connectivity index (χ0v) is 14.4. The largest absolute Gasteiger partial charge is 0.366 e. The van der Waals surface area contributed by atoms with Crippen LogP contribution in [-0.2, 0) is 16.1 Å². The molecule has 23 heavy (non-hydrogen) atoms. The minimum absolute atomic E-state index is 0. The predicted octanol–water partition coefficient (Wildman–Crippen LogP) is 1.37. The van der Waals surface area contributed by atoms with Crippen LogP contribution < -0.4 is 10.6 Å². The molecule has 0 bridgehead atoms. The van der Waals surface area contributed by atoms with Crippen molar-refractivity contribution in [1.29, 1.82) is 0 Å². The molecule has 0 spiro atoms. The summed E-state index contributed by atoms with van der Waals surface area (Å²) in [5.74, 6) is -0.0299. The molecule has 1 aliphatic rings. The van der Waals surface area contributed by atoms with Gasteiger partial charge in [0.25, 0.3) is 0 Å². The first-order valence-electron chi connectivity index (χ1n) is 7.34. The number of hydrogen-bond acceptors (Lipinski definition) is 4. The van der Waals surface area contributed by atoms with Gasteiger partial charge in [0, 0.05) is 26.2 Å². The number of hydrogen-bond donors (Lipinski definition) is 2. The van der Waals surface area contributed by atoms with E-state index in [0.717, 1.165) is 30.5 Å². The quantitative estimate of drug-likeness (QED) is 0.790. The molecule has 128 valence electrons. The Balaban J connectivity index is 0.00000132. The van der Waals surface area contributed by atoms with Crippen molar-refractivity contribution in [2.45, 2.75) is 19.1 Å². The van der Waals surface area contributed by atoms with Gasteiger partial charge in [0.2, 0.25) is 5.91 Å². The summed E-state index contributed by atoms with van der Waals surface area (Å²) in [5, 5.41) is 6.08. The van der Waals surface area contributed by atoms with Crippen molar-refractivity contribution in [3.05, 3.63) is 30.6 Å². The normalized spacial score (nSPS) is 17.1. The zero-order valence-electron chi connectivity index (χ0n) is 12.7. The van der Waals surface area contributed by atoms with E-state index in [4.69, 9.17) is 4.74 Å². The number of halogens is 2. The van der Waals surface area contributed by atoms with Crippen LogP contribution in [0.25, 0.3) is 11.0 Å². The Morgan fingerprint density at radius 1 is 1.39 bits per heavy atom. The van der Waals surface area contributed by atoms with Crippen molar-refractivity contribution in [2.24, 2.45) is 0 Å². The summed E-state index contributed by atoms with van der Waals surface area (Å²) in [6.07, 6.45) is 2.36. The molecular weight excluding hydrogens is 339 g/mol. The lowest BCUT2D eigenvalue weighted by molar-refractivity contribution is -0.134. The Morgan fingerprint density at radius 3 is 3.00 bits per heavy atom. The number of benzene rings is 1. The number of ether oxygens (including phenoxy) is 1. The maximum atomic E-state index is 11.9. The van der Waals surface area contributed by atoms with Crippen molar-refractivity contribution in [2.75, 3.05) is 26.2 Å². The van der Waals surface area contributed by atoms with Gasteiger partial charge in [-0.3, -0.25) is 4.79 Å². The van der Waals surface area contributed by atoms with Crippen molar-refractivity contribution in [1.82, 2.24) is 20.2 Å². The van der Waals surface area contributed by atoms with Crippen LogP contribution in [0.1, 0.15) is 6.42 Å². The smallest absolute Gasteiger partial charge is 0.250 e. The zero-order chi connectivity index (χ0) is 14.5. The van der Waals surface area contributed by atoms with Crippen molar-refractivity contribution < 1.29 is 9.53 Å². The fourth-order valence-electron chi connectivity index (χ4n) is 2.50. The number of aryl methyl sites for hydroxylation is 1. The molecule has 3 rings (SSSR count). The molecule has 0 aliphatic carbocycles. The number of carbonyl (C=O) groups excluding carboxylic acids is 1.